The molecule has 0 aliphatic carbocycles. The van der Waals surface area contributed by atoms with Crippen LogP contribution in [0.4, 0.5) is 0 Å². The number of sulfonamides is 1. The van der Waals surface area contributed by atoms with Crippen LogP contribution in [0, 0.1) is 6.92 Å². The number of β-amino-alcohol motifs (C(OH)–C–C–N with tert-alkyl or cyclic N) is 1. The highest BCUT2D eigenvalue weighted by Crippen LogP contribution is 2.25. The van der Waals surface area contributed by atoms with Crippen LogP contribution < -0.4 is 4.74 Å². The maximum Gasteiger partial charge on any atom is 0.246 e. The summed E-state index contributed by atoms with van der Waals surface area (Å²) in [5, 5.41) is 14.2. The summed E-state index contributed by atoms with van der Waals surface area (Å²) in [6.07, 6.45) is 0.00807. The molecular weight excluding hydrogens is 318 g/mol. The molecule has 1 aromatic carbocycles. The fraction of sp³-hybridized carbons (Fsp3) is 0.400. The van der Waals surface area contributed by atoms with Crippen LogP contribution in [0.1, 0.15) is 5.69 Å². The summed E-state index contributed by atoms with van der Waals surface area (Å²) in [7, 11) is -2.02. The largest absolute Gasteiger partial charge is 0.486 e. The molecule has 124 valence electrons. The topological polar surface area (TPSA) is 84.7 Å². The van der Waals surface area contributed by atoms with Gasteiger partial charge in [-0.3, -0.25) is 4.68 Å². The standard InChI is InChI=1S/C15H19N3O4S/c1-11-15(10-17(2)16-11)23(20,21)18-8-13(19)14(9-18)22-12-6-4-3-5-7-12/h3-7,10,13-14,19H,8-9H2,1-2H3/t13-,14-/m1/s1. The highest BCUT2D eigenvalue weighted by atomic mass is 32.2. The maximum absolute atomic E-state index is 12.7. The van der Waals surface area contributed by atoms with Gasteiger partial charge in [0.2, 0.25) is 10.0 Å². The van der Waals surface area contributed by atoms with Gasteiger partial charge in [-0.15, -0.1) is 0 Å². The highest BCUT2D eigenvalue weighted by molar-refractivity contribution is 7.89. The Morgan fingerprint density at radius 1 is 1.26 bits per heavy atom. The highest BCUT2D eigenvalue weighted by Gasteiger charge is 2.41. The molecule has 0 unspecified atom stereocenters. The normalized spacial score (nSPS) is 22.4. The number of aryl methyl sites for hydroxylation is 2. The molecule has 1 aliphatic heterocycles. The SMILES string of the molecule is Cc1nn(C)cc1S(=O)(=O)N1C[C@@H](O)[C@H](Oc2ccccc2)C1. The molecule has 7 nitrogen and oxygen atoms in total. The minimum atomic E-state index is -3.70. The monoisotopic (exact) mass is 337 g/mol. The zero-order chi connectivity index (χ0) is 16.6. The van der Waals surface area contributed by atoms with Crippen molar-refractivity contribution in [2.45, 2.75) is 24.0 Å². The summed E-state index contributed by atoms with van der Waals surface area (Å²) >= 11 is 0. The fourth-order valence-corrected chi connectivity index (χ4v) is 4.35. The first-order valence-electron chi connectivity index (χ1n) is 7.28. The molecule has 1 saturated heterocycles. The van der Waals surface area contributed by atoms with Gasteiger partial charge in [0.05, 0.1) is 12.2 Å². The summed E-state index contributed by atoms with van der Waals surface area (Å²) in [5.74, 6) is 0.605. The molecule has 23 heavy (non-hydrogen) atoms. The molecule has 2 atom stereocenters. The number of para-hydroxylation sites is 1. The number of ether oxygens (including phenoxy) is 1. The first-order chi connectivity index (χ1) is 10.9. The van der Waals surface area contributed by atoms with Gasteiger partial charge in [-0.05, 0) is 19.1 Å². The molecule has 0 radical (unpaired) electrons. The molecule has 2 heterocycles. The van der Waals surface area contributed by atoms with Crippen molar-refractivity contribution in [3.8, 4) is 5.75 Å². The zero-order valence-corrected chi connectivity index (χ0v) is 13.8. The lowest BCUT2D eigenvalue weighted by Gasteiger charge is -2.17. The molecule has 2 aromatic rings. The summed E-state index contributed by atoms with van der Waals surface area (Å²) in [6, 6.07) is 9.05. The first kappa shape index (κ1) is 16.0. The number of aliphatic hydroxyl groups excluding tert-OH is 1. The molecule has 0 bridgehead atoms. The minimum absolute atomic E-state index is 0.00810. The van der Waals surface area contributed by atoms with Crippen molar-refractivity contribution in [3.63, 3.8) is 0 Å². The van der Waals surface area contributed by atoms with Crippen molar-refractivity contribution in [2.24, 2.45) is 7.05 Å². The Bertz CT molecular complexity index is 788. The van der Waals surface area contributed by atoms with E-state index in [1.165, 1.54) is 15.2 Å². The summed E-state index contributed by atoms with van der Waals surface area (Å²) in [4.78, 5) is 0.160. The van der Waals surface area contributed by atoms with Gasteiger partial charge in [-0.1, -0.05) is 18.2 Å². The van der Waals surface area contributed by atoms with Gasteiger partial charge in [0.15, 0.2) is 0 Å². The molecule has 1 N–H and O–H groups in total. The van der Waals surface area contributed by atoms with Crippen LogP contribution in [-0.4, -0.2) is 52.9 Å². The Morgan fingerprint density at radius 2 is 1.96 bits per heavy atom. The molecule has 1 aliphatic rings. The van der Waals surface area contributed by atoms with Gasteiger partial charge in [0.25, 0.3) is 0 Å². The predicted octanol–water partition coefficient (Wildman–Crippen LogP) is 0.541. The molecule has 0 saturated carbocycles. The van der Waals surface area contributed by atoms with E-state index < -0.39 is 22.2 Å². The van der Waals surface area contributed by atoms with E-state index in [1.807, 2.05) is 18.2 Å². The fourth-order valence-electron chi connectivity index (χ4n) is 2.68. The number of nitrogens with zero attached hydrogens (tertiary/aromatic N) is 3. The Labute approximate surface area is 135 Å². The average molecular weight is 337 g/mol. The van der Waals surface area contributed by atoms with Crippen LogP contribution in [-0.2, 0) is 17.1 Å². The van der Waals surface area contributed by atoms with Crippen LogP contribution >= 0.6 is 0 Å². The Balaban J connectivity index is 1.79. The number of benzene rings is 1. The van der Waals surface area contributed by atoms with E-state index in [4.69, 9.17) is 4.74 Å². The second kappa shape index (κ2) is 5.95. The lowest BCUT2D eigenvalue weighted by molar-refractivity contribution is 0.0737. The quantitative estimate of drug-likeness (QED) is 0.880. The second-order valence-corrected chi connectivity index (χ2v) is 7.52. The van der Waals surface area contributed by atoms with Crippen molar-refractivity contribution in [1.29, 1.82) is 0 Å². The molecule has 3 rings (SSSR count). The van der Waals surface area contributed by atoms with E-state index in [9.17, 15) is 13.5 Å². The van der Waals surface area contributed by atoms with Crippen molar-refractivity contribution >= 4 is 10.0 Å². The van der Waals surface area contributed by atoms with Gasteiger partial charge in [0, 0.05) is 19.8 Å². The summed E-state index contributed by atoms with van der Waals surface area (Å²) in [5.41, 5.74) is 0.439. The third-order valence-electron chi connectivity index (χ3n) is 3.82. The van der Waals surface area contributed by atoms with E-state index in [2.05, 4.69) is 5.10 Å². The lowest BCUT2D eigenvalue weighted by atomic mass is 10.2. The van der Waals surface area contributed by atoms with Gasteiger partial charge in [0.1, 0.15) is 22.9 Å². The minimum Gasteiger partial charge on any atom is -0.486 e. The number of hydrogen-bond acceptors (Lipinski definition) is 5. The Hall–Kier alpha value is -1.90. The third-order valence-corrected chi connectivity index (χ3v) is 5.75. The molecule has 1 fully saturated rings. The average Bonchev–Trinajstić information content (AvgIpc) is 3.04. The van der Waals surface area contributed by atoms with Crippen molar-refractivity contribution in [2.75, 3.05) is 13.1 Å². The summed E-state index contributed by atoms with van der Waals surface area (Å²) < 4.78 is 33.9. The van der Waals surface area contributed by atoms with E-state index in [-0.39, 0.29) is 18.0 Å². The van der Waals surface area contributed by atoms with Crippen molar-refractivity contribution < 1.29 is 18.3 Å². The first-order valence-corrected chi connectivity index (χ1v) is 8.72. The van der Waals surface area contributed by atoms with Gasteiger partial charge in [-0.2, -0.15) is 9.40 Å². The van der Waals surface area contributed by atoms with Gasteiger partial charge in [-0.25, -0.2) is 8.42 Å². The number of rotatable bonds is 4. The number of aliphatic hydroxyl groups is 1. The third kappa shape index (κ3) is 3.10. The number of hydrogen-bond donors (Lipinski definition) is 1. The zero-order valence-electron chi connectivity index (χ0n) is 13.0. The van der Waals surface area contributed by atoms with E-state index >= 15 is 0 Å². The van der Waals surface area contributed by atoms with Crippen molar-refractivity contribution in [3.05, 3.63) is 42.2 Å². The Kier molecular flexibility index (Phi) is 4.13. The smallest absolute Gasteiger partial charge is 0.246 e. The molecule has 0 amide bonds. The van der Waals surface area contributed by atoms with Crippen LogP contribution in [0.3, 0.4) is 0 Å². The lowest BCUT2D eigenvalue weighted by Crippen LogP contribution is -2.31. The van der Waals surface area contributed by atoms with E-state index in [0.29, 0.717) is 11.4 Å². The van der Waals surface area contributed by atoms with Crippen LogP contribution in [0.25, 0.3) is 0 Å². The molecule has 8 heteroatoms. The molecule has 1 aromatic heterocycles. The van der Waals surface area contributed by atoms with Crippen LogP contribution in [0.15, 0.2) is 41.4 Å². The molecular formula is C15H19N3O4S. The van der Waals surface area contributed by atoms with Crippen LogP contribution in [0.5, 0.6) is 5.75 Å². The Morgan fingerprint density at radius 3 is 2.57 bits per heavy atom. The second-order valence-electron chi connectivity index (χ2n) is 5.61. The van der Waals surface area contributed by atoms with E-state index in [1.54, 1.807) is 26.1 Å². The predicted molar refractivity (Wildman–Crippen MR) is 83.6 cm³/mol. The van der Waals surface area contributed by atoms with Crippen LogP contribution in [0.2, 0.25) is 0 Å². The van der Waals surface area contributed by atoms with Crippen molar-refractivity contribution in [1.82, 2.24) is 14.1 Å². The van der Waals surface area contributed by atoms with E-state index in [0.717, 1.165) is 0 Å². The van der Waals surface area contributed by atoms with Gasteiger partial charge < -0.3 is 9.84 Å². The summed E-state index contributed by atoms with van der Waals surface area (Å²) in [6.45, 7) is 1.76. The molecule has 0 spiro atoms. The van der Waals surface area contributed by atoms with Gasteiger partial charge >= 0.3 is 0 Å². The number of aromatic nitrogens is 2. The maximum atomic E-state index is 12.7.